The Bertz CT molecular complexity index is 855. The second-order valence-corrected chi connectivity index (χ2v) is 7.16. The molecule has 0 aliphatic carbocycles. The normalized spacial score (nSPS) is 12.0. The zero-order valence-electron chi connectivity index (χ0n) is 11.2. The second kappa shape index (κ2) is 5.49. The van der Waals surface area contributed by atoms with Crippen molar-refractivity contribution in [2.45, 2.75) is 28.6 Å². The van der Waals surface area contributed by atoms with Gasteiger partial charge >= 0.3 is 0 Å². The summed E-state index contributed by atoms with van der Waals surface area (Å²) >= 11 is 1.42. The number of sulfone groups is 1. The van der Waals surface area contributed by atoms with E-state index in [1.54, 1.807) is 22.7 Å². The molecule has 0 aliphatic rings. The van der Waals surface area contributed by atoms with Gasteiger partial charge in [0.2, 0.25) is 5.16 Å². The van der Waals surface area contributed by atoms with E-state index in [1.807, 2.05) is 13.0 Å². The lowest BCUT2D eigenvalue weighted by molar-refractivity contribution is 0.579. The Morgan fingerprint density at radius 2 is 2.24 bits per heavy atom. The number of thioether (sulfide) groups is 1. The Labute approximate surface area is 125 Å². The van der Waals surface area contributed by atoms with Crippen molar-refractivity contribution in [2.75, 3.05) is 5.75 Å². The summed E-state index contributed by atoms with van der Waals surface area (Å²) in [5.74, 6) is 0.794. The standard InChI is InChI=1S/C12H13N5O2S2/c1-2-7-20-10-11(17-6-4-3-5-9(17)15-10)21(18,19)12-13-8-14-16-12/h3-6,8H,2,7H2,1H3,(H,13,14,16). The van der Waals surface area contributed by atoms with Crippen LogP contribution in [0.5, 0.6) is 0 Å². The van der Waals surface area contributed by atoms with Gasteiger partial charge in [-0.1, -0.05) is 13.0 Å². The molecule has 0 aromatic carbocycles. The van der Waals surface area contributed by atoms with E-state index in [4.69, 9.17) is 0 Å². The molecule has 0 fully saturated rings. The Morgan fingerprint density at radius 1 is 1.38 bits per heavy atom. The van der Waals surface area contributed by atoms with Gasteiger partial charge < -0.3 is 0 Å². The number of aromatic amines is 1. The number of H-pyrrole nitrogens is 1. The van der Waals surface area contributed by atoms with Crippen molar-refractivity contribution in [3.63, 3.8) is 0 Å². The third-order valence-corrected chi connectivity index (χ3v) is 5.71. The van der Waals surface area contributed by atoms with Crippen LogP contribution in [0.1, 0.15) is 13.3 Å². The first-order valence-corrected chi connectivity index (χ1v) is 8.82. The molecule has 21 heavy (non-hydrogen) atoms. The summed E-state index contributed by atoms with van der Waals surface area (Å²) in [4.78, 5) is 8.18. The third-order valence-electron chi connectivity index (χ3n) is 2.80. The summed E-state index contributed by atoms with van der Waals surface area (Å²) in [5, 5.41) is 6.48. The number of hydrogen-bond donors (Lipinski definition) is 1. The van der Waals surface area contributed by atoms with Crippen LogP contribution < -0.4 is 0 Å². The molecule has 1 N–H and O–H groups in total. The summed E-state index contributed by atoms with van der Waals surface area (Å²) in [6, 6.07) is 5.36. The van der Waals surface area contributed by atoms with Crippen molar-refractivity contribution in [2.24, 2.45) is 0 Å². The zero-order chi connectivity index (χ0) is 14.9. The number of nitrogens with zero attached hydrogens (tertiary/aromatic N) is 4. The highest BCUT2D eigenvalue weighted by Crippen LogP contribution is 2.30. The number of nitrogens with one attached hydrogen (secondary N) is 1. The molecule has 3 aromatic heterocycles. The topological polar surface area (TPSA) is 93.0 Å². The quantitative estimate of drug-likeness (QED) is 0.720. The van der Waals surface area contributed by atoms with Crippen LogP contribution in [0.4, 0.5) is 0 Å². The molecule has 0 spiro atoms. The largest absolute Gasteiger partial charge is 0.289 e. The molecule has 0 aliphatic heterocycles. The van der Waals surface area contributed by atoms with Gasteiger partial charge in [0.05, 0.1) is 0 Å². The van der Waals surface area contributed by atoms with Gasteiger partial charge in [-0.2, -0.15) is 5.10 Å². The molecule has 3 aromatic rings. The number of imidazole rings is 1. The molecule has 3 rings (SSSR count). The van der Waals surface area contributed by atoms with Crippen molar-refractivity contribution in [1.82, 2.24) is 24.6 Å². The summed E-state index contributed by atoms with van der Waals surface area (Å²) in [7, 11) is -3.79. The predicted molar refractivity (Wildman–Crippen MR) is 78.0 cm³/mol. The lowest BCUT2D eigenvalue weighted by Crippen LogP contribution is -2.08. The van der Waals surface area contributed by atoms with Gasteiger partial charge in [-0.15, -0.1) is 11.8 Å². The Kier molecular flexibility index (Phi) is 3.68. The summed E-state index contributed by atoms with van der Waals surface area (Å²) < 4.78 is 27.1. The molecule has 0 radical (unpaired) electrons. The highest BCUT2D eigenvalue weighted by atomic mass is 32.2. The fourth-order valence-electron chi connectivity index (χ4n) is 1.90. The van der Waals surface area contributed by atoms with Crippen LogP contribution in [0.2, 0.25) is 0 Å². The number of fused-ring (bicyclic) bond motifs is 1. The number of aromatic nitrogens is 5. The summed E-state index contributed by atoms with van der Waals surface area (Å²) in [5.41, 5.74) is 0.592. The molecule has 0 unspecified atom stereocenters. The van der Waals surface area contributed by atoms with Gasteiger partial charge in [0.15, 0.2) is 5.03 Å². The fraction of sp³-hybridized carbons (Fsp3) is 0.250. The minimum Gasteiger partial charge on any atom is -0.289 e. The summed E-state index contributed by atoms with van der Waals surface area (Å²) in [6.45, 7) is 2.04. The Morgan fingerprint density at radius 3 is 2.95 bits per heavy atom. The van der Waals surface area contributed by atoms with Gasteiger partial charge in [-0.3, -0.25) is 4.40 Å². The van der Waals surface area contributed by atoms with E-state index in [2.05, 4.69) is 20.2 Å². The molecule has 0 bridgehead atoms. The maximum atomic E-state index is 12.7. The molecule has 9 heteroatoms. The highest BCUT2D eigenvalue weighted by molar-refractivity contribution is 8.00. The van der Waals surface area contributed by atoms with E-state index in [1.165, 1.54) is 18.1 Å². The predicted octanol–water partition coefficient (Wildman–Crippen LogP) is 1.79. The van der Waals surface area contributed by atoms with E-state index in [9.17, 15) is 8.42 Å². The van der Waals surface area contributed by atoms with Crippen molar-refractivity contribution < 1.29 is 8.42 Å². The van der Waals surface area contributed by atoms with Crippen LogP contribution in [0.3, 0.4) is 0 Å². The first-order chi connectivity index (χ1) is 10.1. The number of rotatable bonds is 5. The van der Waals surface area contributed by atoms with Crippen LogP contribution in [0.15, 0.2) is 45.9 Å². The summed E-state index contributed by atoms with van der Waals surface area (Å²) in [6.07, 6.45) is 3.79. The number of hydrogen-bond acceptors (Lipinski definition) is 6. The SMILES string of the molecule is CCCSc1nc2ccccn2c1S(=O)(=O)c1ncn[nH]1. The monoisotopic (exact) mass is 323 g/mol. The zero-order valence-corrected chi connectivity index (χ0v) is 12.9. The van der Waals surface area contributed by atoms with Gasteiger partial charge in [0.1, 0.15) is 17.0 Å². The molecular formula is C12H13N5O2S2. The van der Waals surface area contributed by atoms with Crippen molar-refractivity contribution in [3.05, 3.63) is 30.7 Å². The van der Waals surface area contributed by atoms with E-state index in [0.29, 0.717) is 10.7 Å². The number of pyridine rings is 1. The highest BCUT2D eigenvalue weighted by Gasteiger charge is 2.29. The van der Waals surface area contributed by atoms with Gasteiger partial charge in [-0.05, 0) is 24.3 Å². The molecular weight excluding hydrogens is 310 g/mol. The molecule has 110 valence electrons. The average Bonchev–Trinajstić information content (AvgIpc) is 3.12. The van der Waals surface area contributed by atoms with Crippen molar-refractivity contribution >= 4 is 27.2 Å². The molecule has 0 saturated carbocycles. The van der Waals surface area contributed by atoms with Crippen LogP contribution in [-0.2, 0) is 9.84 Å². The van der Waals surface area contributed by atoms with Crippen LogP contribution in [0.25, 0.3) is 5.65 Å². The maximum absolute atomic E-state index is 12.7. The van der Waals surface area contributed by atoms with Crippen LogP contribution in [-0.4, -0.2) is 38.7 Å². The minimum atomic E-state index is -3.79. The van der Waals surface area contributed by atoms with Gasteiger partial charge in [0, 0.05) is 6.20 Å². The van der Waals surface area contributed by atoms with Crippen LogP contribution in [0, 0.1) is 0 Å². The molecule has 0 saturated heterocycles. The molecule has 7 nitrogen and oxygen atoms in total. The average molecular weight is 323 g/mol. The van der Waals surface area contributed by atoms with E-state index in [0.717, 1.165) is 12.2 Å². The molecule has 0 amide bonds. The Hall–Kier alpha value is -1.87. The van der Waals surface area contributed by atoms with Gasteiger partial charge in [-0.25, -0.2) is 23.5 Å². The molecule has 0 atom stereocenters. The molecule has 3 heterocycles. The first-order valence-electron chi connectivity index (χ1n) is 6.35. The van der Waals surface area contributed by atoms with E-state index in [-0.39, 0.29) is 10.2 Å². The van der Waals surface area contributed by atoms with E-state index < -0.39 is 9.84 Å². The third kappa shape index (κ3) is 2.42. The Balaban J connectivity index is 2.24. The smallest absolute Gasteiger partial charge is 0.259 e. The fourth-order valence-corrected chi connectivity index (χ4v) is 4.42. The minimum absolute atomic E-state index is 0.133. The first kappa shape index (κ1) is 14.1. The lowest BCUT2D eigenvalue weighted by Gasteiger charge is -2.03. The van der Waals surface area contributed by atoms with Gasteiger partial charge in [0.25, 0.3) is 9.84 Å². The van der Waals surface area contributed by atoms with E-state index >= 15 is 0 Å². The maximum Gasteiger partial charge on any atom is 0.259 e. The van der Waals surface area contributed by atoms with Crippen LogP contribution >= 0.6 is 11.8 Å². The second-order valence-electron chi connectivity index (χ2n) is 4.29. The lowest BCUT2D eigenvalue weighted by atomic mass is 10.5. The van der Waals surface area contributed by atoms with Crippen molar-refractivity contribution in [3.8, 4) is 0 Å². The van der Waals surface area contributed by atoms with Crippen molar-refractivity contribution in [1.29, 1.82) is 0 Å².